The predicted octanol–water partition coefficient (Wildman–Crippen LogP) is 4.61. The number of carbonyl (C=O) groups excluding carboxylic acids is 1. The van der Waals surface area contributed by atoms with E-state index in [-0.39, 0.29) is 11.9 Å². The van der Waals surface area contributed by atoms with Crippen molar-refractivity contribution in [3.63, 3.8) is 0 Å². The second kappa shape index (κ2) is 7.16. The first-order chi connectivity index (χ1) is 12.8. The number of likely N-dealkylation sites (tertiary alicyclic amines) is 1. The van der Waals surface area contributed by atoms with E-state index in [4.69, 9.17) is 4.74 Å². The summed E-state index contributed by atoms with van der Waals surface area (Å²) in [5.41, 5.74) is 2.72. The Morgan fingerprint density at radius 3 is 2.88 bits per heavy atom. The predicted molar refractivity (Wildman–Crippen MR) is 102 cm³/mol. The van der Waals surface area contributed by atoms with Gasteiger partial charge in [0.2, 0.25) is 0 Å². The summed E-state index contributed by atoms with van der Waals surface area (Å²) in [6, 6.07) is 17.8. The SMILES string of the molecule is COc1cccc([C@H]2CCCCN2C(=O)c2ccnc3ccccc23)c1. The molecule has 132 valence electrons. The van der Waals surface area contributed by atoms with Crippen molar-refractivity contribution >= 4 is 16.8 Å². The molecule has 3 aromatic rings. The van der Waals surface area contributed by atoms with Gasteiger partial charge in [0.25, 0.3) is 5.91 Å². The fourth-order valence-corrected chi connectivity index (χ4v) is 3.81. The first kappa shape index (κ1) is 16.6. The van der Waals surface area contributed by atoms with Crippen LogP contribution in [-0.2, 0) is 0 Å². The van der Waals surface area contributed by atoms with Gasteiger partial charge in [0, 0.05) is 18.1 Å². The molecular weight excluding hydrogens is 324 g/mol. The van der Waals surface area contributed by atoms with Crippen LogP contribution in [0.5, 0.6) is 5.75 Å². The summed E-state index contributed by atoms with van der Waals surface area (Å²) in [4.78, 5) is 19.8. The molecule has 0 aliphatic carbocycles. The molecule has 0 spiro atoms. The lowest BCUT2D eigenvalue weighted by atomic mass is 9.94. The highest BCUT2D eigenvalue weighted by Gasteiger charge is 2.29. The molecule has 4 rings (SSSR count). The van der Waals surface area contributed by atoms with Crippen molar-refractivity contribution in [1.29, 1.82) is 0 Å². The first-order valence-electron chi connectivity index (χ1n) is 9.06. The van der Waals surface area contributed by atoms with Crippen LogP contribution in [0.2, 0.25) is 0 Å². The third-order valence-corrected chi connectivity index (χ3v) is 5.12. The lowest BCUT2D eigenvalue weighted by Gasteiger charge is -2.36. The highest BCUT2D eigenvalue weighted by molar-refractivity contribution is 6.06. The normalized spacial score (nSPS) is 17.3. The van der Waals surface area contributed by atoms with Crippen molar-refractivity contribution < 1.29 is 9.53 Å². The smallest absolute Gasteiger partial charge is 0.255 e. The lowest BCUT2D eigenvalue weighted by molar-refractivity contribution is 0.0613. The number of piperidine rings is 1. The van der Waals surface area contributed by atoms with Crippen molar-refractivity contribution in [3.8, 4) is 5.75 Å². The van der Waals surface area contributed by atoms with Crippen LogP contribution in [0.3, 0.4) is 0 Å². The van der Waals surface area contributed by atoms with E-state index in [0.29, 0.717) is 0 Å². The van der Waals surface area contributed by atoms with Crippen LogP contribution in [-0.4, -0.2) is 29.4 Å². The molecule has 4 heteroatoms. The van der Waals surface area contributed by atoms with Crippen LogP contribution in [0.4, 0.5) is 0 Å². The van der Waals surface area contributed by atoms with Crippen molar-refractivity contribution in [1.82, 2.24) is 9.88 Å². The molecule has 1 aromatic heterocycles. The number of benzene rings is 2. The maximum absolute atomic E-state index is 13.4. The second-order valence-corrected chi connectivity index (χ2v) is 6.66. The Balaban J connectivity index is 1.72. The van der Waals surface area contributed by atoms with Gasteiger partial charge < -0.3 is 9.64 Å². The Kier molecular flexibility index (Phi) is 4.57. The lowest BCUT2D eigenvalue weighted by Crippen LogP contribution is -2.38. The number of amides is 1. The van der Waals surface area contributed by atoms with E-state index in [1.807, 2.05) is 53.4 Å². The van der Waals surface area contributed by atoms with E-state index in [2.05, 4.69) is 11.1 Å². The average Bonchev–Trinajstić information content (AvgIpc) is 2.73. The molecule has 1 amide bonds. The quantitative estimate of drug-likeness (QED) is 0.695. The van der Waals surface area contributed by atoms with Crippen LogP contribution in [0.15, 0.2) is 60.8 Å². The number of ether oxygens (including phenoxy) is 1. The first-order valence-corrected chi connectivity index (χ1v) is 9.06. The number of pyridine rings is 1. The summed E-state index contributed by atoms with van der Waals surface area (Å²) >= 11 is 0. The summed E-state index contributed by atoms with van der Waals surface area (Å²) in [6.07, 6.45) is 4.86. The molecule has 4 nitrogen and oxygen atoms in total. The van der Waals surface area contributed by atoms with Gasteiger partial charge in [-0.2, -0.15) is 0 Å². The van der Waals surface area contributed by atoms with Gasteiger partial charge >= 0.3 is 0 Å². The van der Waals surface area contributed by atoms with Crippen LogP contribution >= 0.6 is 0 Å². The van der Waals surface area contributed by atoms with Gasteiger partial charge in [-0.05, 0) is 49.1 Å². The topological polar surface area (TPSA) is 42.4 Å². The number of para-hydroxylation sites is 1. The van der Waals surface area contributed by atoms with Gasteiger partial charge in [-0.3, -0.25) is 9.78 Å². The summed E-state index contributed by atoms with van der Waals surface area (Å²) in [5, 5.41) is 0.912. The van der Waals surface area contributed by atoms with E-state index < -0.39 is 0 Å². The van der Waals surface area contributed by atoms with Gasteiger partial charge in [-0.25, -0.2) is 0 Å². The van der Waals surface area contributed by atoms with Crippen molar-refractivity contribution in [2.45, 2.75) is 25.3 Å². The molecule has 1 fully saturated rings. The molecule has 0 radical (unpaired) electrons. The zero-order valence-electron chi connectivity index (χ0n) is 14.9. The maximum atomic E-state index is 13.4. The number of nitrogens with zero attached hydrogens (tertiary/aromatic N) is 2. The number of methoxy groups -OCH3 is 1. The van der Waals surface area contributed by atoms with Gasteiger partial charge in [0.1, 0.15) is 5.75 Å². The highest BCUT2D eigenvalue weighted by atomic mass is 16.5. The number of carbonyl (C=O) groups is 1. The fourth-order valence-electron chi connectivity index (χ4n) is 3.81. The molecule has 0 unspecified atom stereocenters. The number of rotatable bonds is 3. The van der Waals surface area contributed by atoms with Gasteiger partial charge in [-0.15, -0.1) is 0 Å². The molecule has 1 aliphatic heterocycles. The molecule has 2 heterocycles. The minimum atomic E-state index is 0.0797. The van der Waals surface area contributed by atoms with Gasteiger partial charge in [0.15, 0.2) is 0 Å². The van der Waals surface area contributed by atoms with Crippen LogP contribution in [0.1, 0.15) is 41.2 Å². The Hall–Kier alpha value is -2.88. The van der Waals surface area contributed by atoms with E-state index in [1.54, 1.807) is 13.3 Å². The minimum Gasteiger partial charge on any atom is -0.497 e. The van der Waals surface area contributed by atoms with E-state index in [1.165, 1.54) is 0 Å². The molecular formula is C22H22N2O2. The third kappa shape index (κ3) is 3.03. The summed E-state index contributed by atoms with van der Waals surface area (Å²) < 4.78 is 5.37. The van der Waals surface area contributed by atoms with Crippen molar-refractivity contribution in [2.75, 3.05) is 13.7 Å². The zero-order chi connectivity index (χ0) is 17.9. The Bertz CT molecular complexity index is 933. The summed E-state index contributed by atoms with van der Waals surface area (Å²) in [7, 11) is 1.67. The largest absolute Gasteiger partial charge is 0.497 e. The summed E-state index contributed by atoms with van der Waals surface area (Å²) in [6.45, 7) is 0.775. The van der Waals surface area contributed by atoms with Crippen molar-refractivity contribution in [3.05, 3.63) is 71.9 Å². The van der Waals surface area contributed by atoms with Gasteiger partial charge in [-0.1, -0.05) is 30.3 Å². The number of hydrogen-bond acceptors (Lipinski definition) is 3. The number of aromatic nitrogens is 1. The van der Waals surface area contributed by atoms with Gasteiger partial charge in [0.05, 0.1) is 24.2 Å². The Morgan fingerprint density at radius 1 is 1.12 bits per heavy atom. The van der Waals surface area contributed by atoms with Crippen LogP contribution < -0.4 is 4.74 Å². The van der Waals surface area contributed by atoms with E-state index in [0.717, 1.165) is 53.6 Å². The van der Waals surface area contributed by atoms with E-state index in [9.17, 15) is 4.79 Å². The number of hydrogen-bond donors (Lipinski definition) is 0. The highest BCUT2D eigenvalue weighted by Crippen LogP contribution is 2.34. The molecule has 0 bridgehead atoms. The van der Waals surface area contributed by atoms with E-state index >= 15 is 0 Å². The standard InChI is InChI=1S/C22H22N2O2/c1-26-17-8-6-7-16(15-17)21-11-4-5-14-24(21)22(25)19-12-13-23-20-10-3-2-9-18(19)20/h2-3,6-10,12-13,15,21H,4-5,11,14H2,1H3/t21-/m1/s1. The summed E-state index contributed by atoms with van der Waals surface area (Å²) in [5.74, 6) is 0.908. The monoisotopic (exact) mass is 346 g/mol. The maximum Gasteiger partial charge on any atom is 0.255 e. The molecule has 0 saturated carbocycles. The number of fused-ring (bicyclic) bond motifs is 1. The Labute approximate surface area is 153 Å². The van der Waals surface area contributed by atoms with Crippen LogP contribution in [0.25, 0.3) is 10.9 Å². The molecule has 0 N–H and O–H groups in total. The Morgan fingerprint density at radius 2 is 2.00 bits per heavy atom. The molecule has 2 aromatic carbocycles. The fraction of sp³-hybridized carbons (Fsp3) is 0.273. The zero-order valence-corrected chi connectivity index (χ0v) is 14.9. The molecule has 1 aliphatic rings. The molecule has 26 heavy (non-hydrogen) atoms. The van der Waals surface area contributed by atoms with Crippen molar-refractivity contribution in [2.24, 2.45) is 0 Å². The minimum absolute atomic E-state index is 0.0797. The molecule has 1 saturated heterocycles. The second-order valence-electron chi connectivity index (χ2n) is 6.66. The molecule has 1 atom stereocenters. The third-order valence-electron chi connectivity index (χ3n) is 5.12. The van der Waals surface area contributed by atoms with Crippen LogP contribution in [0, 0.1) is 0 Å². The average molecular weight is 346 g/mol.